The molecule has 2 heterocycles. The second-order valence-electron chi connectivity index (χ2n) is 5.93. The predicted octanol–water partition coefficient (Wildman–Crippen LogP) is 1.27. The van der Waals surface area contributed by atoms with Gasteiger partial charge in [0.05, 0.1) is 22.6 Å². The fourth-order valence-corrected chi connectivity index (χ4v) is 4.60. The molecule has 7 nitrogen and oxygen atoms in total. The molecule has 1 saturated heterocycles. The number of benzene rings is 1. The molecule has 0 spiro atoms. The lowest BCUT2D eigenvalue weighted by Gasteiger charge is -2.37. The fraction of sp³-hybridized carbons (Fsp3) is 0.375. The minimum atomic E-state index is -3.66. The van der Waals surface area contributed by atoms with Gasteiger partial charge in [0.25, 0.3) is 0 Å². The number of piperazine rings is 1. The van der Waals surface area contributed by atoms with Crippen LogP contribution < -0.4 is 0 Å². The van der Waals surface area contributed by atoms with E-state index in [9.17, 15) is 8.42 Å². The third-order valence-electron chi connectivity index (χ3n) is 4.38. The van der Waals surface area contributed by atoms with Crippen molar-refractivity contribution in [3.05, 3.63) is 47.5 Å². The summed E-state index contributed by atoms with van der Waals surface area (Å²) in [4.78, 5) is 9.61. The first-order valence-electron chi connectivity index (χ1n) is 7.64. The molecule has 0 amide bonds. The van der Waals surface area contributed by atoms with Gasteiger partial charge in [-0.2, -0.15) is 9.57 Å². The van der Waals surface area contributed by atoms with Crippen molar-refractivity contribution >= 4 is 10.0 Å². The standard InChI is InChI=1S/C16H19N5O2S/c1-12-3-4-13(10-17)9-15(12)24(22,23)21-8-7-20(2)14(11-21)16-18-5-6-19-16/h3-6,9,14H,7-8,11H2,1-2H3,(H,18,19)/t14-/m1/s1. The van der Waals surface area contributed by atoms with Crippen molar-refractivity contribution in [3.63, 3.8) is 0 Å². The Labute approximate surface area is 141 Å². The largest absolute Gasteiger partial charge is 0.347 e. The first kappa shape index (κ1) is 16.6. The van der Waals surface area contributed by atoms with E-state index in [4.69, 9.17) is 5.26 Å². The molecule has 0 aliphatic carbocycles. The predicted molar refractivity (Wildman–Crippen MR) is 88.6 cm³/mol. The maximum Gasteiger partial charge on any atom is 0.243 e. The van der Waals surface area contributed by atoms with Crippen LogP contribution in [-0.2, 0) is 10.0 Å². The number of likely N-dealkylation sites (N-methyl/N-ethyl adjacent to an activating group) is 1. The maximum atomic E-state index is 13.1. The molecule has 1 aromatic carbocycles. The van der Waals surface area contributed by atoms with E-state index in [1.807, 2.05) is 13.1 Å². The Morgan fingerprint density at radius 1 is 1.38 bits per heavy atom. The maximum absolute atomic E-state index is 13.1. The molecule has 3 rings (SSSR count). The molecular formula is C16H19N5O2S. The SMILES string of the molecule is Cc1ccc(C#N)cc1S(=O)(=O)N1CCN(C)[C@@H](c2ncc[nH]2)C1. The number of sulfonamides is 1. The lowest BCUT2D eigenvalue weighted by Crippen LogP contribution is -2.49. The van der Waals surface area contributed by atoms with Crippen molar-refractivity contribution in [1.29, 1.82) is 5.26 Å². The molecule has 126 valence electrons. The highest BCUT2D eigenvalue weighted by Gasteiger charge is 2.35. The summed E-state index contributed by atoms with van der Waals surface area (Å²) in [5, 5.41) is 9.05. The first-order chi connectivity index (χ1) is 11.4. The van der Waals surface area contributed by atoms with Crippen molar-refractivity contribution in [1.82, 2.24) is 19.2 Å². The zero-order valence-electron chi connectivity index (χ0n) is 13.6. The summed E-state index contributed by atoms with van der Waals surface area (Å²) < 4.78 is 27.6. The number of hydrogen-bond acceptors (Lipinski definition) is 5. The second kappa shape index (κ2) is 6.36. The molecule has 1 aliphatic heterocycles. The summed E-state index contributed by atoms with van der Waals surface area (Å²) >= 11 is 0. The average Bonchev–Trinajstić information content (AvgIpc) is 3.09. The third kappa shape index (κ3) is 2.94. The zero-order chi connectivity index (χ0) is 17.3. The molecule has 1 atom stereocenters. The highest BCUT2D eigenvalue weighted by molar-refractivity contribution is 7.89. The molecular weight excluding hydrogens is 326 g/mol. The fourth-order valence-electron chi connectivity index (χ4n) is 2.91. The van der Waals surface area contributed by atoms with E-state index in [2.05, 4.69) is 14.9 Å². The van der Waals surface area contributed by atoms with Crippen LogP contribution in [0.25, 0.3) is 0 Å². The first-order valence-corrected chi connectivity index (χ1v) is 9.08. The Balaban J connectivity index is 1.94. The van der Waals surface area contributed by atoms with Gasteiger partial charge in [-0.3, -0.25) is 4.90 Å². The number of nitrogens with zero attached hydrogens (tertiary/aromatic N) is 4. The Morgan fingerprint density at radius 2 is 2.17 bits per heavy atom. The smallest absolute Gasteiger partial charge is 0.243 e. The zero-order valence-corrected chi connectivity index (χ0v) is 14.4. The second-order valence-corrected chi connectivity index (χ2v) is 7.83. The van der Waals surface area contributed by atoms with Crippen LogP contribution in [-0.4, -0.2) is 54.3 Å². The van der Waals surface area contributed by atoms with Crippen molar-refractivity contribution < 1.29 is 8.42 Å². The van der Waals surface area contributed by atoms with Gasteiger partial charge >= 0.3 is 0 Å². The molecule has 0 unspecified atom stereocenters. The van der Waals surface area contributed by atoms with Crippen molar-refractivity contribution in [3.8, 4) is 6.07 Å². The van der Waals surface area contributed by atoms with Gasteiger partial charge in [0.1, 0.15) is 5.82 Å². The van der Waals surface area contributed by atoms with Crippen LogP contribution in [0.3, 0.4) is 0 Å². The highest BCUT2D eigenvalue weighted by atomic mass is 32.2. The number of rotatable bonds is 3. The molecule has 0 bridgehead atoms. The average molecular weight is 345 g/mol. The quantitative estimate of drug-likeness (QED) is 0.904. The number of imidazole rings is 1. The van der Waals surface area contributed by atoms with Gasteiger partial charge in [0.2, 0.25) is 10.0 Å². The topological polar surface area (TPSA) is 93.1 Å². The van der Waals surface area contributed by atoms with Crippen molar-refractivity contribution in [2.24, 2.45) is 0 Å². The molecule has 1 N–H and O–H groups in total. The Bertz CT molecular complexity index is 870. The summed E-state index contributed by atoms with van der Waals surface area (Å²) in [6.07, 6.45) is 3.40. The van der Waals surface area contributed by atoms with Crippen LogP contribution in [0.15, 0.2) is 35.5 Å². The van der Waals surface area contributed by atoms with Gasteiger partial charge in [-0.1, -0.05) is 6.07 Å². The van der Waals surface area contributed by atoms with Gasteiger partial charge in [0.15, 0.2) is 0 Å². The molecule has 8 heteroatoms. The van der Waals surface area contributed by atoms with Crippen LogP contribution in [0.4, 0.5) is 0 Å². The van der Waals surface area contributed by atoms with E-state index in [0.29, 0.717) is 30.8 Å². The van der Waals surface area contributed by atoms with E-state index in [1.165, 1.54) is 10.4 Å². The number of aromatic nitrogens is 2. The van der Waals surface area contributed by atoms with E-state index < -0.39 is 10.0 Å². The molecule has 24 heavy (non-hydrogen) atoms. The minimum Gasteiger partial charge on any atom is -0.347 e. The van der Waals surface area contributed by atoms with Gasteiger partial charge in [-0.15, -0.1) is 0 Å². The minimum absolute atomic E-state index is 0.122. The van der Waals surface area contributed by atoms with Crippen LogP contribution >= 0.6 is 0 Å². The Kier molecular flexibility index (Phi) is 4.41. The number of nitrogens with one attached hydrogen (secondary N) is 1. The van der Waals surface area contributed by atoms with E-state index in [1.54, 1.807) is 31.5 Å². The van der Waals surface area contributed by atoms with Crippen LogP contribution in [0.5, 0.6) is 0 Å². The van der Waals surface area contributed by atoms with E-state index >= 15 is 0 Å². The lowest BCUT2D eigenvalue weighted by atomic mass is 10.2. The number of hydrogen-bond donors (Lipinski definition) is 1. The van der Waals surface area contributed by atoms with E-state index in [0.717, 1.165) is 5.82 Å². The molecule has 1 aromatic heterocycles. The summed E-state index contributed by atoms with van der Waals surface area (Å²) in [6, 6.07) is 6.63. The Morgan fingerprint density at radius 3 is 2.83 bits per heavy atom. The monoisotopic (exact) mass is 345 g/mol. The van der Waals surface area contributed by atoms with Crippen LogP contribution in [0.2, 0.25) is 0 Å². The van der Waals surface area contributed by atoms with Crippen LogP contribution in [0.1, 0.15) is 23.0 Å². The molecule has 0 saturated carbocycles. The van der Waals surface area contributed by atoms with Gasteiger partial charge < -0.3 is 4.98 Å². The Hall–Kier alpha value is -2.21. The lowest BCUT2D eigenvalue weighted by molar-refractivity contribution is 0.142. The highest BCUT2D eigenvalue weighted by Crippen LogP contribution is 2.27. The number of H-pyrrole nitrogens is 1. The summed E-state index contributed by atoms with van der Waals surface area (Å²) in [7, 11) is -1.70. The molecule has 0 radical (unpaired) electrons. The van der Waals surface area contributed by atoms with Crippen molar-refractivity contribution in [2.45, 2.75) is 17.9 Å². The molecule has 1 aliphatic rings. The third-order valence-corrected chi connectivity index (χ3v) is 6.39. The molecule has 2 aromatic rings. The number of aromatic amines is 1. The van der Waals surface area contributed by atoms with Gasteiger partial charge in [-0.05, 0) is 31.7 Å². The van der Waals surface area contributed by atoms with Gasteiger partial charge in [-0.25, -0.2) is 13.4 Å². The summed E-state index contributed by atoms with van der Waals surface area (Å²) in [6.45, 7) is 3.09. The summed E-state index contributed by atoms with van der Waals surface area (Å²) in [5.74, 6) is 0.750. The van der Waals surface area contributed by atoms with Crippen LogP contribution in [0, 0.1) is 18.3 Å². The van der Waals surface area contributed by atoms with Crippen molar-refractivity contribution in [2.75, 3.05) is 26.7 Å². The molecule has 1 fully saturated rings. The summed E-state index contributed by atoms with van der Waals surface area (Å²) in [5.41, 5.74) is 0.985. The number of nitriles is 1. The number of aryl methyl sites for hydroxylation is 1. The van der Waals surface area contributed by atoms with E-state index in [-0.39, 0.29) is 10.9 Å². The van der Waals surface area contributed by atoms with Gasteiger partial charge in [0, 0.05) is 32.0 Å². The normalized spacial score (nSPS) is 20.0.